The molecule has 0 saturated heterocycles. The number of nitrogens with zero attached hydrogens (tertiary/aromatic N) is 3. The number of nitrogens with one attached hydrogen (secondary N) is 2. The molecule has 1 aliphatic rings. The monoisotopic (exact) mass is 389 g/mol. The van der Waals surface area contributed by atoms with Crippen molar-refractivity contribution in [2.45, 2.75) is 43.3 Å². The van der Waals surface area contributed by atoms with Crippen molar-refractivity contribution in [1.29, 1.82) is 0 Å². The van der Waals surface area contributed by atoms with Crippen molar-refractivity contribution < 1.29 is 9.59 Å². The van der Waals surface area contributed by atoms with Gasteiger partial charge in [-0.15, -0.1) is 10.2 Å². The van der Waals surface area contributed by atoms with Gasteiger partial charge in [0.25, 0.3) is 0 Å². The van der Waals surface area contributed by atoms with Crippen LogP contribution in [0.4, 0.5) is 4.79 Å². The maximum Gasteiger partial charge on any atom is 0.321 e. The van der Waals surface area contributed by atoms with E-state index >= 15 is 0 Å². The fourth-order valence-electron chi connectivity index (χ4n) is 3.21. The van der Waals surface area contributed by atoms with Crippen LogP contribution in [-0.4, -0.2) is 38.3 Å². The van der Waals surface area contributed by atoms with E-state index in [-0.39, 0.29) is 17.7 Å². The summed E-state index contributed by atoms with van der Waals surface area (Å²) in [6.07, 6.45) is 5.45. The molecule has 4 rings (SSSR count). The van der Waals surface area contributed by atoms with E-state index in [4.69, 9.17) is 0 Å². The molecular formula is C17H19N5O2S2. The minimum atomic E-state index is -0.408. The van der Waals surface area contributed by atoms with Crippen LogP contribution >= 0.6 is 23.1 Å². The van der Waals surface area contributed by atoms with Crippen LogP contribution < -0.4 is 10.6 Å². The number of carbonyl (C=O) groups is 2. The number of hydrogen-bond acceptors (Lipinski definition) is 6. The van der Waals surface area contributed by atoms with E-state index in [1.54, 1.807) is 11.3 Å². The Hall–Kier alpha value is -2.13. The number of thiazole rings is 1. The van der Waals surface area contributed by atoms with E-state index < -0.39 is 6.03 Å². The second kappa shape index (κ2) is 7.63. The van der Waals surface area contributed by atoms with Crippen molar-refractivity contribution in [3.05, 3.63) is 24.3 Å². The van der Waals surface area contributed by atoms with Gasteiger partial charge < -0.3 is 5.32 Å². The number of fused-ring (bicyclic) bond motifs is 3. The highest BCUT2D eigenvalue weighted by atomic mass is 32.2. The van der Waals surface area contributed by atoms with Gasteiger partial charge >= 0.3 is 6.03 Å². The number of thioether (sulfide) groups is 1. The Bertz CT molecular complexity index is 945. The summed E-state index contributed by atoms with van der Waals surface area (Å²) >= 11 is 2.83. The Morgan fingerprint density at radius 2 is 2.00 bits per heavy atom. The molecule has 2 N–H and O–H groups in total. The summed E-state index contributed by atoms with van der Waals surface area (Å²) < 4.78 is 3.07. The van der Waals surface area contributed by atoms with Gasteiger partial charge in [-0.2, -0.15) is 0 Å². The topological polar surface area (TPSA) is 88.4 Å². The highest BCUT2D eigenvalue weighted by Crippen LogP contribution is 2.29. The molecule has 0 spiro atoms. The van der Waals surface area contributed by atoms with Crippen LogP contribution in [0.15, 0.2) is 29.4 Å². The molecule has 0 atom stereocenters. The first-order valence-electron chi connectivity index (χ1n) is 8.66. The molecule has 136 valence electrons. The Kier molecular flexibility index (Phi) is 5.07. The molecule has 1 saturated carbocycles. The van der Waals surface area contributed by atoms with E-state index in [2.05, 4.69) is 20.8 Å². The third kappa shape index (κ3) is 3.68. The van der Waals surface area contributed by atoms with Crippen LogP contribution in [0.1, 0.15) is 32.1 Å². The molecule has 2 aromatic heterocycles. The molecule has 26 heavy (non-hydrogen) atoms. The van der Waals surface area contributed by atoms with Crippen LogP contribution in [0, 0.1) is 0 Å². The Morgan fingerprint density at radius 1 is 1.19 bits per heavy atom. The summed E-state index contributed by atoms with van der Waals surface area (Å²) in [6.45, 7) is 0. The van der Waals surface area contributed by atoms with Gasteiger partial charge in [-0.3, -0.25) is 14.5 Å². The lowest BCUT2D eigenvalue weighted by molar-refractivity contribution is -0.117. The molecule has 0 aliphatic heterocycles. The van der Waals surface area contributed by atoms with E-state index in [0.29, 0.717) is 5.16 Å². The average Bonchev–Trinajstić information content (AvgIpc) is 3.20. The average molecular weight is 390 g/mol. The summed E-state index contributed by atoms with van der Waals surface area (Å²) in [7, 11) is 0. The Labute approximate surface area is 158 Å². The lowest BCUT2D eigenvalue weighted by Crippen LogP contribution is -2.45. The van der Waals surface area contributed by atoms with Gasteiger partial charge in [0.15, 0.2) is 5.16 Å². The molecule has 3 amide bonds. The molecule has 1 aromatic carbocycles. The zero-order chi connectivity index (χ0) is 17.9. The van der Waals surface area contributed by atoms with Crippen molar-refractivity contribution in [2.75, 3.05) is 5.75 Å². The summed E-state index contributed by atoms with van der Waals surface area (Å²) in [4.78, 5) is 24.8. The van der Waals surface area contributed by atoms with Gasteiger partial charge in [0.05, 0.1) is 16.0 Å². The van der Waals surface area contributed by atoms with Gasteiger partial charge in [0.1, 0.15) is 0 Å². The number of rotatable bonds is 4. The predicted molar refractivity (Wildman–Crippen MR) is 103 cm³/mol. The predicted octanol–water partition coefficient (Wildman–Crippen LogP) is 3.19. The van der Waals surface area contributed by atoms with Crippen molar-refractivity contribution in [1.82, 2.24) is 25.2 Å². The molecule has 2 heterocycles. The number of carbonyl (C=O) groups excluding carboxylic acids is 2. The molecule has 0 unspecified atom stereocenters. The zero-order valence-electron chi connectivity index (χ0n) is 14.1. The van der Waals surface area contributed by atoms with Gasteiger partial charge in [0.2, 0.25) is 10.9 Å². The SMILES string of the molecule is O=C(CSc1nnc2sc3ccccc3n12)NC(=O)NC1CCCCC1. The molecule has 9 heteroatoms. The normalized spacial score (nSPS) is 15.4. The first-order valence-corrected chi connectivity index (χ1v) is 10.5. The maximum absolute atomic E-state index is 12.1. The molecular weight excluding hydrogens is 370 g/mol. The highest BCUT2D eigenvalue weighted by molar-refractivity contribution is 7.99. The van der Waals surface area contributed by atoms with E-state index in [0.717, 1.165) is 40.9 Å². The zero-order valence-corrected chi connectivity index (χ0v) is 15.7. The van der Waals surface area contributed by atoms with Crippen LogP contribution in [0.5, 0.6) is 0 Å². The van der Waals surface area contributed by atoms with Crippen LogP contribution in [0.3, 0.4) is 0 Å². The van der Waals surface area contributed by atoms with Crippen molar-refractivity contribution in [3.63, 3.8) is 0 Å². The number of para-hydroxylation sites is 1. The van der Waals surface area contributed by atoms with E-state index in [1.165, 1.54) is 18.2 Å². The van der Waals surface area contributed by atoms with E-state index in [1.807, 2.05) is 28.7 Å². The molecule has 1 fully saturated rings. The maximum atomic E-state index is 12.1. The Morgan fingerprint density at radius 3 is 2.85 bits per heavy atom. The minimum absolute atomic E-state index is 0.114. The quantitative estimate of drug-likeness (QED) is 0.669. The van der Waals surface area contributed by atoms with Crippen LogP contribution in [-0.2, 0) is 4.79 Å². The third-order valence-electron chi connectivity index (χ3n) is 4.44. The second-order valence-electron chi connectivity index (χ2n) is 6.32. The summed E-state index contributed by atoms with van der Waals surface area (Å²) in [5.74, 6) is -0.220. The third-order valence-corrected chi connectivity index (χ3v) is 6.38. The first-order chi connectivity index (χ1) is 12.7. The van der Waals surface area contributed by atoms with Gasteiger partial charge in [-0.1, -0.05) is 54.5 Å². The van der Waals surface area contributed by atoms with Gasteiger partial charge in [-0.25, -0.2) is 4.79 Å². The molecule has 1 aliphatic carbocycles. The number of urea groups is 1. The summed E-state index contributed by atoms with van der Waals surface area (Å²) in [5, 5.41) is 14.3. The van der Waals surface area contributed by atoms with Crippen molar-refractivity contribution in [3.8, 4) is 0 Å². The number of hydrogen-bond donors (Lipinski definition) is 2. The fourth-order valence-corrected chi connectivity index (χ4v) is 4.98. The van der Waals surface area contributed by atoms with Crippen molar-refractivity contribution >= 4 is 50.2 Å². The standard InChI is InChI=1S/C17H19N5O2S2/c23-14(19-15(24)18-11-6-2-1-3-7-11)10-25-16-20-21-17-22(16)12-8-4-5-9-13(12)26-17/h4-5,8-9,11H,1-3,6-7,10H2,(H2,18,19,23,24). The smallest absolute Gasteiger partial charge is 0.321 e. The largest absolute Gasteiger partial charge is 0.335 e. The summed E-state index contributed by atoms with van der Waals surface area (Å²) in [5.41, 5.74) is 1.02. The number of imide groups is 1. The van der Waals surface area contributed by atoms with Crippen molar-refractivity contribution in [2.24, 2.45) is 0 Å². The van der Waals surface area contributed by atoms with Gasteiger partial charge in [-0.05, 0) is 25.0 Å². The first kappa shape index (κ1) is 17.3. The lowest BCUT2D eigenvalue weighted by Gasteiger charge is -2.22. The summed E-state index contributed by atoms with van der Waals surface area (Å²) in [6, 6.07) is 7.75. The molecule has 3 aromatic rings. The number of amides is 3. The lowest BCUT2D eigenvalue weighted by atomic mass is 9.96. The minimum Gasteiger partial charge on any atom is -0.335 e. The van der Waals surface area contributed by atoms with Crippen LogP contribution in [0.25, 0.3) is 15.2 Å². The van der Waals surface area contributed by atoms with E-state index in [9.17, 15) is 9.59 Å². The molecule has 7 nitrogen and oxygen atoms in total. The van der Waals surface area contributed by atoms with Crippen LogP contribution in [0.2, 0.25) is 0 Å². The fraction of sp³-hybridized carbons (Fsp3) is 0.412. The number of aromatic nitrogens is 3. The second-order valence-corrected chi connectivity index (χ2v) is 8.27. The number of benzene rings is 1. The highest BCUT2D eigenvalue weighted by Gasteiger charge is 2.18. The Balaban J connectivity index is 1.35. The molecule has 0 bridgehead atoms. The van der Waals surface area contributed by atoms with Gasteiger partial charge in [0, 0.05) is 6.04 Å². The molecule has 0 radical (unpaired) electrons.